The van der Waals surface area contributed by atoms with Crippen molar-refractivity contribution in [3.63, 3.8) is 0 Å². The lowest BCUT2D eigenvalue weighted by Crippen LogP contribution is -2.43. The highest BCUT2D eigenvalue weighted by Crippen LogP contribution is 2.46. The third-order valence-electron chi connectivity index (χ3n) is 5.51. The first-order valence-electron chi connectivity index (χ1n) is 9.20. The number of fused-ring (bicyclic) bond motifs is 3. The molecule has 2 aliphatic rings. The van der Waals surface area contributed by atoms with Gasteiger partial charge in [0.25, 0.3) is 0 Å². The molecule has 2 N–H and O–H groups in total. The second-order valence-electron chi connectivity index (χ2n) is 7.11. The lowest BCUT2D eigenvalue weighted by molar-refractivity contribution is -0.151. The number of aromatic hydroxyl groups is 1. The van der Waals surface area contributed by atoms with Crippen LogP contribution in [0, 0.1) is 0 Å². The maximum Gasteiger partial charge on any atom is 0.117 e. The molecule has 0 spiro atoms. The molecule has 2 heterocycles. The summed E-state index contributed by atoms with van der Waals surface area (Å²) in [6, 6.07) is 11.5. The fourth-order valence-electron chi connectivity index (χ4n) is 3.84. The third-order valence-corrected chi connectivity index (χ3v) is 5.84. The molecule has 4 rings (SSSR count). The Kier molecular flexibility index (Phi) is 4.82. The van der Waals surface area contributed by atoms with Crippen LogP contribution < -0.4 is 5.32 Å². The van der Waals surface area contributed by atoms with Gasteiger partial charge in [0, 0.05) is 16.3 Å². The molecule has 4 nitrogen and oxygen atoms in total. The fourth-order valence-corrected chi connectivity index (χ4v) is 4.13. The highest BCUT2D eigenvalue weighted by molar-refractivity contribution is 6.31. The maximum atomic E-state index is 9.67. The zero-order valence-electron chi connectivity index (χ0n) is 15.0. The average Bonchev–Trinajstić information content (AvgIpc) is 2.66. The molecule has 2 aromatic carbocycles. The highest BCUT2D eigenvalue weighted by atomic mass is 35.5. The summed E-state index contributed by atoms with van der Waals surface area (Å²) in [7, 11) is 0. The van der Waals surface area contributed by atoms with Gasteiger partial charge in [-0.1, -0.05) is 43.6 Å². The number of nitrogens with one attached hydrogen (secondary N) is 1. The van der Waals surface area contributed by atoms with E-state index in [1.54, 1.807) is 12.1 Å². The molecule has 4 atom stereocenters. The Morgan fingerprint density at radius 3 is 2.73 bits per heavy atom. The summed E-state index contributed by atoms with van der Waals surface area (Å²) in [5.74, 6) is 0.665. The van der Waals surface area contributed by atoms with Gasteiger partial charge in [-0.05, 0) is 41.7 Å². The van der Waals surface area contributed by atoms with Gasteiger partial charge in [-0.3, -0.25) is 0 Å². The predicted molar refractivity (Wildman–Crippen MR) is 103 cm³/mol. The second-order valence-corrected chi connectivity index (χ2v) is 7.52. The molecule has 26 heavy (non-hydrogen) atoms. The molecule has 0 aliphatic carbocycles. The van der Waals surface area contributed by atoms with Gasteiger partial charge in [0.15, 0.2) is 0 Å². The summed E-state index contributed by atoms with van der Waals surface area (Å²) in [6.07, 6.45) is 0.813. The van der Waals surface area contributed by atoms with E-state index in [1.807, 2.05) is 6.07 Å². The van der Waals surface area contributed by atoms with E-state index in [1.165, 1.54) is 5.56 Å². The summed E-state index contributed by atoms with van der Waals surface area (Å²) in [4.78, 5) is 0. The molecule has 0 aromatic heterocycles. The number of anilines is 1. The van der Waals surface area contributed by atoms with E-state index in [0.29, 0.717) is 24.2 Å². The molecule has 2 aliphatic heterocycles. The minimum atomic E-state index is -0.162. The van der Waals surface area contributed by atoms with Crippen LogP contribution in [0.3, 0.4) is 0 Å². The minimum Gasteiger partial charge on any atom is -0.508 e. The normalized spacial score (nSPS) is 25.7. The summed E-state index contributed by atoms with van der Waals surface area (Å²) < 4.78 is 12.2. The highest BCUT2D eigenvalue weighted by Gasteiger charge is 2.41. The Labute approximate surface area is 159 Å². The van der Waals surface area contributed by atoms with Crippen LogP contribution in [0.1, 0.15) is 55.0 Å². The van der Waals surface area contributed by atoms with Crippen molar-refractivity contribution in [3.05, 3.63) is 58.1 Å². The van der Waals surface area contributed by atoms with Crippen LogP contribution in [0.15, 0.2) is 36.4 Å². The summed E-state index contributed by atoms with van der Waals surface area (Å²) in [6.45, 7) is 5.60. The van der Waals surface area contributed by atoms with Crippen molar-refractivity contribution >= 4 is 17.3 Å². The first-order chi connectivity index (χ1) is 12.6. The fraction of sp³-hybridized carbons (Fsp3) is 0.429. The molecular weight excluding hydrogens is 350 g/mol. The minimum absolute atomic E-state index is 0.126. The molecular formula is C21H24ClNO3. The second kappa shape index (κ2) is 7.10. The monoisotopic (exact) mass is 373 g/mol. The number of hydrogen-bond acceptors (Lipinski definition) is 4. The molecule has 0 amide bonds. The van der Waals surface area contributed by atoms with Crippen LogP contribution in [0.5, 0.6) is 5.75 Å². The molecule has 138 valence electrons. The lowest BCUT2D eigenvalue weighted by atomic mass is 9.85. The van der Waals surface area contributed by atoms with Crippen molar-refractivity contribution in [2.45, 2.75) is 44.4 Å². The van der Waals surface area contributed by atoms with Crippen LogP contribution in [0.2, 0.25) is 5.02 Å². The number of ether oxygens (including phenoxy) is 2. The van der Waals surface area contributed by atoms with Crippen LogP contribution in [0.25, 0.3) is 0 Å². The van der Waals surface area contributed by atoms with E-state index >= 15 is 0 Å². The topological polar surface area (TPSA) is 50.7 Å². The third kappa shape index (κ3) is 3.07. The Balaban J connectivity index is 1.76. The van der Waals surface area contributed by atoms with Crippen molar-refractivity contribution in [2.24, 2.45) is 0 Å². The van der Waals surface area contributed by atoms with Crippen molar-refractivity contribution in [1.29, 1.82) is 0 Å². The molecule has 0 bridgehead atoms. The number of phenolic OH excluding ortho intramolecular Hbond substituents is 1. The Hall–Kier alpha value is -1.75. The zero-order chi connectivity index (χ0) is 18.3. The Bertz CT molecular complexity index is 810. The molecule has 0 saturated carbocycles. The Morgan fingerprint density at radius 1 is 1.15 bits per heavy atom. The average molecular weight is 374 g/mol. The van der Waals surface area contributed by atoms with Crippen molar-refractivity contribution in [1.82, 2.24) is 0 Å². The van der Waals surface area contributed by atoms with E-state index in [4.69, 9.17) is 21.1 Å². The van der Waals surface area contributed by atoms with Crippen molar-refractivity contribution < 1.29 is 14.6 Å². The first-order valence-corrected chi connectivity index (χ1v) is 9.58. The quantitative estimate of drug-likeness (QED) is 0.778. The van der Waals surface area contributed by atoms with Gasteiger partial charge in [-0.25, -0.2) is 0 Å². The standard InChI is InChI=1S/C21H24ClNO3/c1-3-12(2)13-4-7-18-16(10-13)20-21(26-9-8-25-20)19(23-18)15-6-5-14(24)11-17(15)22/h4-7,10-12,19-21,23-24H,3,8-9H2,1-2H3. The summed E-state index contributed by atoms with van der Waals surface area (Å²) in [5, 5.41) is 13.8. The van der Waals surface area contributed by atoms with Crippen molar-refractivity contribution in [3.8, 4) is 5.75 Å². The number of rotatable bonds is 3. The van der Waals surface area contributed by atoms with Gasteiger partial charge in [0.05, 0.1) is 19.3 Å². The van der Waals surface area contributed by atoms with Gasteiger partial charge >= 0.3 is 0 Å². The largest absolute Gasteiger partial charge is 0.508 e. The molecule has 1 saturated heterocycles. The van der Waals surface area contributed by atoms with E-state index in [-0.39, 0.29) is 24.0 Å². The lowest BCUT2D eigenvalue weighted by Gasteiger charge is -2.43. The predicted octanol–water partition coefficient (Wildman–Crippen LogP) is 5.18. The van der Waals surface area contributed by atoms with E-state index in [0.717, 1.165) is 23.2 Å². The van der Waals surface area contributed by atoms with Gasteiger partial charge in [0.2, 0.25) is 0 Å². The molecule has 0 radical (unpaired) electrons. The smallest absolute Gasteiger partial charge is 0.117 e. The van der Waals surface area contributed by atoms with Crippen LogP contribution in [0.4, 0.5) is 5.69 Å². The van der Waals surface area contributed by atoms with Gasteiger partial charge in [0.1, 0.15) is 18.0 Å². The molecule has 5 heteroatoms. The summed E-state index contributed by atoms with van der Waals surface area (Å²) >= 11 is 6.41. The van der Waals surface area contributed by atoms with E-state index in [2.05, 4.69) is 37.4 Å². The molecule has 1 fully saturated rings. The maximum absolute atomic E-state index is 9.67. The van der Waals surface area contributed by atoms with Gasteiger partial charge in [-0.15, -0.1) is 0 Å². The van der Waals surface area contributed by atoms with E-state index < -0.39 is 0 Å². The first kappa shape index (κ1) is 17.7. The van der Waals surface area contributed by atoms with Crippen LogP contribution in [-0.2, 0) is 9.47 Å². The van der Waals surface area contributed by atoms with E-state index in [9.17, 15) is 5.11 Å². The molecule has 4 unspecified atom stereocenters. The number of hydrogen-bond donors (Lipinski definition) is 2. The van der Waals surface area contributed by atoms with Gasteiger partial charge < -0.3 is 19.9 Å². The zero-order valence-corrected chi connectivity index (χ0v) is 15.8. The summed E-state index contributed by atoms with van der Waals surface area (Å²) in [5.41, 5.74) is 4.43. The SMILES string of the molecule is CCC(C)c1ccc2c(c1)C1OCCOC1C(c1ccc(O)cc1Cl)N2. The number of phenols is 1. The van der Waals surface area contributed by atoms with Crippen LogP contribution in [-0.4, -0.2) is 24.4 Å². The van der Waals surface area contributed by atoms with Crippen LogP contribution >= 0.6 is 11.6 Å². The molecule has 2 aromatic rings. The van der Waals surface area contributed by atoms with Crippen molar-refractivity contribution in [2.75, 3.05) is 18.5 Å². The number of benzene rings is 2. The number of halogens is 1. The Morgan fingerprint density at radius 2 is 1.96 bits per heavy atom. The van der Waals surface area contributed by atoms with Gasteiger partial charge in [-0.2, -0.15) is 0 Å².